The molecular formula is C21H26N2O5S. The van der Waals surface area contributed by atoms with E-state index in [1.54, 1.807) is 18.2 Å². The van der Waals surface area contributed by atoms with Crippen molar-refractivity contribution in [2.45, 2.75) is 25.3 Å². The predicted molar refractivity (Wildman–Crippen MR) is 110 cm³/mol. The minimum Gasteiger partial charge on any atom is -0.485 e. The van der Waals surface area contributed by atoms with Crippen LogP contribution in [0.3, 0.4) is 0 Å². The van der Waals surface area contributed by atoms with Crippen molar-refractivity contribution in [3.05, 3.63) is 59.9 Å². The van der Waals surface area contributed by atoms with Crippen molar-refractivity contribution >= 4 is 15.8 Å². The Labute approximate surface area is 171 Å². The summed E-state index contributed by atoms with van der Waals surface area (Å²) in [5.74, 6) is 0.317. The van der Waals surface area contributed by atoms with Gasteiger partial charge in [0.25, 0.3) is 0 Å². The number of hydrogen-bond acceptors (Lipinski definition) is 5. The number of hydrogen-bond donors (Lipinski definition) is 0. The van der Waals surface area contributed by atoms with Gasteiger partial charge in [0.1, 0.15) is 5.75 Å². The Balaban J connectivity index is 1.65. The van der Waals surface area contributed by atoms with Crippen LogP contribution in [0.25, 0.3) is 0 Å². The molecule has 29 heavy (non-hydrogen) atoms. The number of carbonyl (C=O) groups is 1. The summed E-state index contributed by atoms with van der Waals surface area (Å²) >= 11 is 0. The monoisotopic (exact) mass is 418 g/mol. The molecule has 0 unspecified atom stereocenters. The molecule has 0 N–H and O–H groups in total. The fraction of sp³-hybridized carbons (Fsp3) is 0.381. The number of allylic oxidation sites excluding steroid dienone is 1. The van der Waals surface area contributed by atoms with E-state index in [1.165, 1.54) is 16.4 Å². The molecule has 3 rings (SSSR count). The van der Waals surface area contributed by atoms with Crippen LogP contribution >= 0.6 is 0 Å². The molecule has 7 nitrogen and oxygen atoms in total. The SMILES string of the molecule is C=CCn1c(C)cc(C(=O)COc2ccc(S(=O)(=O)N3CCOCC3)cc2)c1C. The third-order valence-corrected chi connectivity index (χ3v) is 6.90. The number of rotatable bonds is 8. The van der Waals surface area contributed by atoms with Crippen molar-refractivity contribution in [2.24, 2.45) is 0 Å². The number of morpholine rings is 1. The Hall–Kier alpha value is -2.42. The highest BCUT2D eigenvalue weighted by Gasteiger charge is 2.26. The van der Waals surface area contributed by atoms with Gasteiger partial charge in [-0.1, -0.05) is 6.08 Å². The van der Waals surface area contributed by atoms with Crippen molar-refractivity contribution in [3.8, 4) is 5.75 Å². The second-order valence-electron chi connectivity index (χ2n) is 6.88. The number of ether oxygens (including phenoxy) is 2. The normalized spacial score (nSPS) is 15.2. The highest BCUT2D eigenvalue weighted by molar-refractivity contribution is 7.89. The van der Waals surface area contributed by atoms with Crippen LogP contribution in [0, 0.1) is 13.8 Å². The lowest BCUT2D eigenvalue weighted by atomic mass is 10.1. The van der Waals surface area contributed by atoms with Gasteiger partial charge in [0, 0.05) is 36.6 Å². The van der Waals surface area contributed by atoms with Gasteiger partial charge in [-0.3, -0.25) is 4.79 Å². The molecule has 0 radical (unpaired) electrons. The van der Waals surface area contributed by atoms with E-state index >= 15 is 0 Å². The standard InChI is InChI=1S/C21H26N2O5S/c1-4-9-23-16(2)14-20(17(23)3)21(24)15-28-18-5-7-19(8-6-18)29(25,26)22-10-12-27-13-11-22/h4-8,14H,1,9-13,15H2,2-3H3. The Bertz CT molecular complexity index is 987. The fourth-order valence-electron chi connectivity index (χ4n) is 3.36. The molecule has 0 saturated carbocycles. The number of aryl methyl sites for hydroxylation is 1. The number of benzene rings is 1. The maximum absolute atomic E-state index is 12.6. The van der Waals surface area contributed by atoms with Crippen molar-refractivity contribution in [3.63, 3.8) is 0 Å². The van der Waals surface area contributed by atoms with Crippen LogP contribution in [0.5, 0.6) is 5.75 Å². The van der Waals surface area contributed by atoms with E-state index in [1.807, 2.05) is 24.5 Å². The van der Waals surface area contributed by atoms with Gasteiger partial charge in [-0.2, -0.15) is 4.31 Å². The molecule has 1 aliphatic heterocycles. The Morgan fingerprint density at radius 1 is 1.21 bits per heavy atom. The van der Waals surface area contributed by atoms with Crippen LogP contribution in [0.2, 0.25) is 0 Å². The highest BCUT2D eigenvalue weighted by atomic mass is 32.2. The van der Waals surface area contributed by atoms with Crippen LogP contribution in [0.1, 0.15) is 21.7 Å². The number of nitrogens with zero attached hydrogens (tertiary/aromatic N) is 2. The second-order valence-corrected chi connectivity index (χ2v) is 8.82. The third-order valence-electron chi connectivity index (χ3n) is 4.99. The van der Waals surface area contributed by atoms with Gasteiger partial charge < -0.3 is 14.0 Å². The minimum atomic E-state index is -3.55. The Kier molecular flexibility index (Phi) is 6.56. The van der Waals surface area contributed by atoms with E-state index in [9.17, 15) is 13.2 Å². The first kappa shape index (κ1) is 21.3. The first-order chi connectivity index (χ1) is 13.8. The number of carbonyl (C=O) groups excluding carboxylic acids is 1. The van der Waals surface area contributed by atoms with Gasteiger partial charge in [0.05, 0.1) is 18.1 Å². The van der Waals surface area contributed by atoms with Crippen molar-refractivity contribution in [2.75, 3.05) is 32.9 Å². The average Bonchev–Trinajstić information content (AvgIpc) is 3.01. The van der Waals surface area contributed by atoms with E-state index in [-0.39, 0.29) is 17.3 Å². The van der Waals surface area contributed by atoms with E-state index in [2.05, 4.69) is 6.58 Å². The van der Waals surface area contributed by atoms with Crippen LogP contribution in [-0.4, -0.2) is 56.0 Å². The summed E-state index contributed by atoms with van der Waals surface area (Å²) in [4.78, 5) is 12.8. The summed E-state index contributed by atoms with van der Waals surface area (Å²) in [6, 6.07) is 7.99. The molecular weight excluding hydrogens is 392 g/mol. The van der Waals surface area contributed by atoms with Crippen LogP contribution in [0.15, 0.2) is 47.9 Å². The van der Waals surface area contributed by atoms with Crippen molar-refractivity contribution in [1.29, 1.82) is 0 Å². The number of aromatic nitrogens is 1. The molecule has 0 bridgehead atoms. The molecule has 1 aromatic heterocycles. The lowest BCUT2D eigenvalue weighted by molar-refractivity contribution is 0.0730. The Morgan fingerprint density at radius 3 is 2.48 bits per heavy atom. The first-order valence-corrected chi connectivity index (χ1v) is 10.9. The third kappa shape index (κ3) is 4.60. The van der Waals surface area contributed by atoms with Crippen LogP contribution < -0.4 is 4.74 Å². The summed E-state index contributed by atoms with van der Waals surface area (Å²) in [6.07, 6.45) is 1.79. The molecule has 0 aliphatic carbocycles. The maximum atomic E-state index is 12.6. The topological polar surface area (TPSA) is 77.8 Å². The van der Waals surface area contributed by atoms with Crippen molar-refractivity contribution in [1.82, 2.24) is 8.87 Å². The van der Waals surface area contributed by atoms with E-state index < -0.39 is 10.0 Å². The summed E-state index contributed by atoms with van der Waals surface area (Å²) < 4.78 is 39.5. The largest absolute Gasteiger partial charge is 0.485 e. The molecule has 1 saturated heterocycles. The summed E-state index contributed by atoms with van der Waals surface area (Å²) in [7, 11) is -3.55. The van der Waals surface area contributed by atoms with Gasteiger partial charge in [0.2, 0.25) is 15.8 Å². The zero-order valence-electron chi connectivity index (χ0n) is 16.8. The highest BCUT2D eigenvalue weighted by Crippen LogP contribution is 2.21. The average molecular weight is 419 g/mol. The molecule has 0 atom stereocenters. The van der Waals surface area contributed by atoms with Gasteiger partial charge in [-0.15, -0.1) is 6.58 Å². The number of Topliss-reactive ketones (excluding diaryl/α,β-unsaturated/α-hetero) is 1. The fourth-order valence-corrected chi connectivity index (χ4v) is 4.77. The molecule has 0 spiro atoms. The van der Waals surface area contributed by atoms with E-state index in [4.69, 9.17) is 9.47 Å². The summed E-state index contributed by atoms with van der Waals surface area (Å²) in [5.41, 5.74) is 2.49. The van der Waals surface area contributed by atoms with Gasteiger partial charge >= 0.3 is 0 Å². The second kappa shape index (κ2) is 8.94. The van der Waals surface area contributed by atoms with Crippen LogP contribution in [-0.2, 0) is 21.3 Å². The van der Waals surface area contributed by atoms with Gasteiger partial charge in [-0.05, 0) is 44.2 Å². The molecule has 2 heterocycles. The number of ketones is 1. The molecule has 8 heteroatoms. The molecule has 2 aromatic rings. The van der Waals surface area contributed by atoms with Crippen molar-refractivity contribution < 1.29 is 22.7 Å². The quantitative estimate of drug-likeness (QED) is 0.486. The number of sulfonamides is 1. The predicted octanol–water partition coefficient (Wildman–Crippen LogP) is 2.57. The molecule has 1 fully saturated rings. The molecule has 156 valence electrons. The van der Waals surface area contributed by atoms with E-state index in [0.717, 1.165) is 11.4 Å². The molecule has 1 aliphatic rings. The van der Waals surface area contributed by atoms with Gasteiger partial charge in [0.15, 0.2) is 6.61 Å². The first-order valence-electron chi connectivity index (χ1n) is 9.46. The summed E-state index contributed by atoms with van der Waals surface area (Å²) in [5, 5.41) is 0. The lowest BCUT2D eigenvalue weighted by Crippen LogP contribution is -2.40. The Morgan fingerprint density at radius 2 is 1.86 bits per heavy atom. The maximum Gasteiger partial charge on any atom is 0.243 e. The zero-order chi connectivity index (χ0) is 21.0. The molecule has 1 aromatic carbocycles. The summed E-state index contributed by atoms with van der Waals surface area (Å²) in [6.45, 7) is 9.60. The minimum absolute atomic E-state index is 0.117. The smallest absolute Gasteiger partial charge is 0.243 e. The molecule has 0 amide bonds. The zero-order valence-corrected chi connectivity index (χ0v) is 17.6. The van der Waals surface area contributed by atoms with E-state index in [0.29, 0.717) is 44.2 Å². The van der Waals surface area contributed by atoms with Gasteiger partial charge in [-0.25, -0.2) is 8.42 Å². The lowest BCUT2D eigenvalue weighted by Gasteiger charge is -2.26. The van der Waals surface area contributed by atoms with Crippen LogP contribution in [0.4, 0.5) is 0 Å².